The lowest BCUT2D eigenvalue weighted by molar-refractivity contribution is -0.136. The molecule has 1 aromatic carbocycles. The maximum atomic E-state index is 12.4. The Balaban J connectivity index is 2.09. The van der Waals surface area contributed by atoms with E-state index in [0.29, 0.717) is 16.5 Å². The minimum atomic E-state index is -0.147. The molecule has 0 radical (unpaired) electrons. The van der Waals surface area contributed by atoms with Gasteiger partial charge in [-0.15, -0.1) is 0 Å². The second-order valence-electron chi connectivity index (χ2n) is 5.46. The predicted molar refractivity (Wildman–Crippen MR) is 78.8 cm³/mol. The topological polar surface area (TPSA) is 32.3 Å². The lowest BCUT2D eigenvalue weighted by Crippen LogP contribution is -2.60. The highest BCUT2D eigenvalue weighted by atomic mass is 35.5. The minimum Gasteiger partial charge on any atom is -0.335 e. The molecule has 1 fully saturated rings. The molecule has 1 saturated heterocycles. The summed E-state index contributed by atoms with van der Waals surface area (Å²) in [6.45, 7) is 6.56. The molecule has 3 nitrogen and oxygen atoms in total. The number of carbonyl (C=O) groups excluding carboxylic acids is 1. The van der Waals surface area contributed by atoms with E-state index in [2.05, 4.69) is 19.2 Å². The van der Waals surface area contributed by atoms with Crippen LogP contribution in [-0.2, 0) is 11.2 Å². The van der Waals surface area contributed by atoms with Crippen LogP contribution in [0.4, 0.5) is 0 Å². The van der Waals surface area contributed by atoms with E-state index in [1.54, 1.807) is 12.1 Å². The van der Waals surface area contributed by atoms with Crippen molar-refractivity contribution in [1.29, 1.82) is 0 Å². The Bertz CT molecular complexity index is 488. The molecule has 0 atom stereocenters. The minimum absolute atomic E-state index is 0.130. The molecule has 104 valence electrons. The van der Waals surface area contributed by atoms with Crippen molar-refractivity contribution in [3.63, 3.8) is 0 Å². The standard InChI is InChI=1S/C14H18Cl2N2O/c1-14(2)9-17-5-6-18(14)13(19)8-10-3-4-11(15)12(16)7-10/h3-4,7,17H,5-6,8-9H2,1-2H3. The Morgan fingerprint density at radius 3 is 2.74 bits per heavy atom. The molecule has 1 amide bonds. The van der Waals surface area contributed by atoms with Crippen LogP contribution in [0.25, 0.3) is 0 Å². The van der Waals surface area contributed by atoms with E-state index in [0.717, 1.165) is 25.2 Å². The third-order valence-electron chi connectivity index (χ3n) is 3.44. The Morgan fingerprint density at radius 2 is 2.11 bits per heavy atom. The van der Waals surface area contributed by atoms with E-state index in [1.165, 1.54) is 0 Å². The van der Waals surface area contributed by atoms with Gasteiger partial charge in [0.15, 0.2) is 0 Å². The van der Waals surface area contributed by atoms with Crippen molar-refractivity contribution in [3.05, 3.63) is 33.8 Å². The van der Waals surface area contributed by atoms with Gasteiger partial charge in [0, 0.05) is 25.2 Å². The van der Waals surface area contributed by atoms with Gasteiger partial charge >= 0.3 is 0 Å². The van der Waals surface area contributed by atoms with Crippen LogP contribution < -0.4 is 5.32 Å². The van der Waals surface area contributed by atoms with Crippen molar-refractivity contribution >= 4 is 29.1 Å². The van der Waals surface area contributed by atoms with Gasteiger partial charge in [-0.1, -0.05) is 29.3 Å². The molecule has 1 aliphatic heterocycles. The van der Waals surface area contributed by atoms with E-state index >= 15 is 0 Å². The average Bonchev–Trinajstić information content (AvgIpc) is 2.33. The third kappa shape index (κ3) is 3.41. The Labute approximate surface area is 123 Å². The Kier molecular flexibility index (Phi) is 4.39. The molecule has 19 heavy (non-hydrogen) atoms. The number of nitrogens with zero attached hydrogens (tertiary/aromatic N) is 1. The first-order valence-electron chi connectivity index (χ1n) is 6.35. The van der Waals surface area contributed by atoms with Gasteiger partial charge in [-0.2, -0.15) is 0 Å². The fourth-order valence-electron chi connectivity index (χ4n) is 2.37. The van der Waals surface area contributed by atoms with E-state index in [9.17, 15) is 4.79 Å². The van der Waals surface area contributed by atoms with Gasteiger partial charge in [0.25, 0.3) is 0 Å². The maximum absolute atomic E-state index is 12.4. The van der Waals surface area contributed by atoms with Gasteiger partial charge in [-0.05, 0) is 31.5 Å². The van der Waals surface area contributed by atoms with E-state index in [-0.39, 0.29) is 11.4 Å². The number of rotatable bonds is 2. The van der Waals surface area contributed by atoms with Crippen molar-refractivity contribution in [2.45, 2.75) is 25.8 Å². The molecule has 1 N–H and O–H groups in total. The first-order chi connectivity index (χ1) is 8.90. The van der Waals surface area contributed by atoms with Gasteiger partial charge in [0.2, 0.25) is 5.91 Å². The summed E-state index contributed by atoms with van der Waals surface area (Å²) in [5.41, 5.74) is 0.750. The van der Waals surface area contributed by atoms with Crippen LogP contribution in [0.15, 0.2) is 18.2 Å². The molecule has 0 aromatic heterocycles. The number of nitrogens with one attached hydrogen (secondary N) is 1. The monoisotopic (exact) mass is 300 g/mol. The highest BCUT2D eigenvalue weighted by Gasteiger charge is 2.32. The molecular weight excluding hydrogens is 283 g/mol. The molecular formula is C14H18Cl2N2O. The van der Waals surface area contributed by atoms with Crippen LogP contribution in [0.3, 0.4) is 0 Å². The lowest BCUT2D eigenvalue weighted by atomic mass is 9.99. The summed E-state index contributed by atoms with van der Waals surface area (Å²) in [5, 5.41) is 4.31. The normalized spacial score (nSPS) is 18.4. The summed E-state index contributed by atoms with van der Waals surface area (Å²) < 4.78 is 0. The van der Waals surface area contributed by atoms with Crippen molar-refractivity contribution in [2.24, 2.45) is 0 Å². The quantitative estimate of drug-likeness (QED) is 0.911. The SMILES string of the molecule is CC1(C)CNCCN1C(=O)Cc1ccc(Cl)c(Cl)c1. The van der Waals surface area contributed by atoms with E-state index < -0.39 is 0 Å². The molecule has 5 heteroatoms. The van der Waals surface area contributed by atoms with Crippen molar-refractivity contribution in [1.82, 2.24) is 10.2 Å². The smallest absolute Gasteiger partial charge is 0.227 e. The molecule has 1 aromatic rings. The largest absolute Gasteiger partial charge is 0.335 e. The average molecular weight is 301 g/mol. The summed E-state index contributed by atoms with van der Waals surface area (Å²) in [6.07, 6.45) is 0.361. The van der Waals surface area contributed by atoms with Crippen LogP contribution in [0, 0.1) is 0 Å². The van der Waals surface area contributed by atoms with Crippen molar-refractivity contribution in [3.8, 4) is 0 Å². The molecule has 1 heterocycles. The summed E-state index contributed by atoms with van der Waals surface area (Å²) >= 11 is 11.8. The Hall–Kier alpha value is -0.770. The number of amides is 1. The summed E-state index contributed by atoms with van der Waals surface area (Å²) in [4.78, 5) is 14.3. The van der Waals surface area contributed by atoms with Crippen LogP contribution in [0.5, 0.6) is 0 Å². The van der Waals surface area contributed by atoms with Crippen molar-refractivity contribution in [2.75, 3.05) is 19.6 Å². The molecule has 1 aliphatic rings. The molecule has 0 bridgehead atoms. The first-order valence-corrected chi connectivity index (χ1v) is 7.11. The summed E-state index contributed by atoms with van der Waals surface area (Å²) in [6, 6.07) is 5.34. The zero-order chi connectivity index (χ0) is 14.0. The fraction of sp³-hybridized carbons (Fsp3) is 0.500. The molecule has 2 rings (SSSR count). The zero-order valence-electron chi connectivity index (χ0n) is 11.2. The van der Waals surface area contributed by atoms with Crippen LogP contribution >= 0.6 is 23.2 Å². The molecule has 0 unspecified atom stereocenters. The molecule has 0 aliphatic carbocycles. The van der Waals surface area contributed by atoms with E-state index in [1.807, 2.05) is 11.0 Å². The fourth-order valence-corrected chi connectivity index (χ4v) is 2.69. The van der Waals surface area contributed by atoms with Gasteiger partial charge in [0.1, 0.15) is 0 Å². The second kappa shape index (κ2) is 5.70. The number of halogens is 2. The van der Waals surface area contributed by atoms with Crippen LogP contribution in [0.2, 0.25) is 10.0 Å². The van der Waals surface area contributed by atoms with Gasteiger partial charge in [-0.3, -0.25) is 4.79 Å². The van der Waals surface area contributed by atoms with Crippen LogP contribution in [-0.4, -0.2) is 36.0 Å². The zero-order valence-corrected chi connectivity index (χ0v) is 12.7. The Morgan fingerprint density at radius 1 is 1.37 bits per heavy atom. The number of hydrogen-bond acceptors (Lipinski definition) is 2. The number of piperazine rings is 1. The number of benzene rings is 1. The summed E-state index contributed by atoms with van der Waals surface area (Å²) in [7, 11) is 0. The highest BCUT2D eigenvalue weighted by Crippen LogP contribution is 2.24. The van der Waals surface area contributed by atoms with Crippen molar-refractivity contribution < 1.29 is 4.79 Å². The van der Waals surface area contributed by atoms with Gasteiger partial charge in [-0.25, -0.2) is 0 Å². The molecule has 0 saturated carbocycles. The van der Waals surface area contributed by atoms with Gasteiger partial charge < -0.3 is 10.2 Å². The van der Waals surface area contributed by atoms with E-state index in [4.69, 9.17) is 23.2 Å². The predicted octanol–water partition coefficient (Wildman–Crippen LogP) is 2.75. The lowest BCUT2D eigenvalue weighted by Gasteiger charge is -2.43. The van der Waals surface area contributed by atoms with Gasteiger partial charge in [0.05, 0.1) is 16.5 Å². The molecule has 0 spiro atoms. The number of hydrogen-bond donors (Lipinski definition) is 1. The maximum Gasteiger partial charge on any atom is 0.227 e. The highest BCUT2D eigenvalue weighted by molar-refractivity contribution is 6.42. The van der Waals surface area contributed by atoms with Crippen LogP contribution in [0.1, 0.15) is 19.4 Å². The first kappa shape index (κ1) is 14.6. The third-order valence-corrected chi connectivity index (χ3v) is 4.18. The number of carbonyl (C=O) groups is 1. The summed E-state index contributed by atoms with van der Waals surface area (Å²) in [5.74, 6) is 0.130. The second-order valence-corrected chi connectivity index (χ2v) is 6.27.